The van der Waals surface area contributed by atoms with E-state index in [1.165, 1.54) is 13.3 Å². The second-order valence-corrected chi connectivity index (χ2v) is 3.07. The monoisotopic (exact) mass is 229 g/mol. The summed E-state index contributed by atoms with van der Waals surface area (Å²) in [6, 6.07) is 0. The fourth-order valence-corrected chi connectivity index (χ4v) is 1.32. The molecule has 0 amide bonds. The highest BCUT2D eigenvalue weighted by Crippen LogP contribution is 2.26. The summed E-state index contributed by atoms with van der Waals surface area (Å²) >= 11 is 3.29. The third kappa shape index (κ3) is 1.48. The highest BCUT2D eigenvalue weighted by molar-refractivity contribution is 9.10. The third-order valence-electron chi connectivity index (χ3n) is 1.59. The van der Waals surface area contributed by atoms with Crippen molar-refractivity contribution in [2.45, 2.75) is 6.92 Å². The summed E-state index contributed by atoms with van der Waals surface area (Å²) in [4.78, 5) is 14.4. The zero-order valence-electron chi connectivity index (χ0n) is 6.80. The lowest BCUT2D eigenvalue weighted by molar-refractivity contribution is 0.112. The van der Waals surface area contributed by atoms with Crippen LogP contribution in [0.5, 0.6) is 5.88 Å². The van der Waals surface area contributed by atoms with Crippen molar-refractivity contribution in [3.63, 3.8) is 0 Å². The van der Waals surface area contributed by atoms with E-state index in [-0.39, 0.29) is 0 Å². The molecule has 0 aliphatic heterocycles. The quantitative estimate of drug-likeness (QED) is 0.729. The number of halogens is 1. The highest BCUT2D eigenvalue weighted by atomic mass is 79.9. The third-order valence-corrected chi connectivity index (χ3v) is 2.53. The molecule has 0 N–H and O–H groups in total. The summed E-state index contributed by atoms with van der Waals surface area (Å²) in [7, 11) is 1.53. The summed E-state index contributed by atoms with van der Waals surface area (Å²) in [5.74, 6) is 0.498. The first-order chi connectivity index (χ1) is 5.70. The summed E-state index contributed by atoms with van der Waals surface area (Å²) in [6.07, 6.45) is 2.26. The van der Waals surface area contributed by atoms with Crippen LogP contribution in [0.25, 0.3) is 0 Å². The molecule has 3 nitrogen and oxygen atoms in total. The van der Waals surface area contributed by atoms with Crippen molar-refractivity contribution in [3.05, 3.63) is 21.8 Å². The molecule has 4 heteroatoms. The fourth-order valence-electron chi connectivity index (χ4n) is 0.830. The first kappa shape index (κ1) is 9.19. The molecular formula is C8H8BrNO2. The normalized spacial score (nSPS) is 9.58. The van der Waals surface area contributed by atoms with Gasteiger partial charge in [-0.1, -0.05) is 0 Å². The average molecular weight is 230 g/mol. The topological polar surface area (TPSA) is 39.2 Å². The minimum absolute atomic E-state index is 0.498. The van der Waals surface area contributed by atoms with Gasteiger partial charge in [0.1, 0.15) is 0 Å². The maximum Gasteiger partial charge on any atom is 0.227 e. The van der Waals surface area contributed by atoms with Crippen LogP contribution < -0.4 is 4.74 Å². The van der Waals surface area contributed by atoms with Crippen molar-refractivity contribution < 1.29 is 9.53 Å². The fraction of sp³-hybridized carbons (Fsp3) is 0.250. The van der Waals surface area contributed by atoms with E-state index in [1.807, 2.05) is 6.92 Å². The van der Waals surface area contributed by atoms with E-state index in [4.69, 9.17) is 4.74 Å². The van der Waals surface area contributed by atoms with Crippen LogP contribution >= 0.6 is 15.9 Å². The van der Waals surface area contributed by atoms with Crippen LogP contribution in [0, 0.1) is 6.92 Å². The van der Waals surface area contributed by atoms with E-state index in [1.54, 1.807) is 0 Å². The second kappa shape index (κ2) is 3.67. The van der Waals surface area contributed by atoms with Crippen LogP contribution in [0.4, 0.5) is 0 Å². The Hall–Kier alpha value is -0.900. The van der Waals surface area contributed by atoms with Crippen LogP contribution in [0.3, 0.4) is 0 Å². The Labute approximate surface area is 78.9 Å². The lowest BCUT2D eigenvalue weighted by Crippen LogP contribution is -1.95. The lowest BCUT2D eigenvalue weighted by atomic mass is 10.2. The molecule has 0 radical (unpaired) electrons. The number of aldehydes is 1. The van der Waals surface area contributed by atoms with E-state index in [0.717, 1.165) is 16.3 Å². The van der Waals surface area contributed by atoms with Gasteiger partial charge in [0.15, 0.2) is 6.29 Å². The van der Waals surface area contributed by atoms with E-state index in [9.17, 15) is 4.79 Å². The number of pyridine rings is 1. The predicted octanol–water partition coefficient (Wildman–Crippen LogP) is 1.97. The molecule has 0 aromatic carbocycles. The van der Waals surface area contributed by atoms with Crippen LogP contribution in [-0.2, 0) is 0 Å². The van der Waals surface area contributed by atoms with Gasteiger partial charge in [0, 0.05) is 11.8 Å². The molecule has 1 rings (SSSR count). The Morgan fingerprint density at radius 1 is 1.67 bits per heavy atom. The summed E-state index contributed by atoms with van der Waals surface area (Å²) in [5, 5.41) is 0. The number of carbonyl (C=O) groups excluding carboxylic acids is 1. The Bertz CT molecular complexity index is 312. The summed E-state index contributed by atoms with van der Waals surface area (Å²) < 4.78 is 5.68. The molecule has 1 aromatic heterocycles. The largest absolute Gasteiger partial charge is 0.480 e. The number of rotatable bonds is 2. The molecule has 0 bridgehead atoms. The number of nitrogens with zero attached hydrogens (tertiary/aromatic N) is 1. The van der Waals surface area contributed by atoms with E-state index >= 15 is 0 Å². The standard InChI is InChI=1S/C8H8BrNO2/c1-5-6(4-11)3-10-8(12-2)7(5)9/h3-4H,1-2H3. The Morgan fingerprint density at radius 2 is 2.33 bits per heavy atom. The molecule has 64 valence electrons. The van der Waals surface area contributed by atoms with Gasteiger partial charge in [0.05, 0.1) is 11.6 Å². The molecule has 12 heavy (non-hydrogen) atoms. The minimum Gasteiger partial charge on any atom is -0.480 e. The van der Waals surface area contributed by atoms with Gasteiger partial charge in [-0.25, -0.2) is 4.98 Å². The van der Waals surface area contributed by atoms with Crippen LogP contribution in [0.2, 0.25) is 0 Å². The maximum atomic E-state index is 10.5. The van der Waals surface area contributed by atoms with Crippen molar-refractivity contribution in [2.75, 3.05) is 7.11 Å². The number of ether oxygens (including phenoxy) is 1. The van der Waals surface area contributed by atoms with Gasteiger partial charge >= 0.3 is 0 Å². The maximum absolute atomic E-state index is 10.5. The zero-order chi connectivity index (χ0) is 9.14. The van der Waals surface area contributed by atoms with Gasteiger partial charge in [-0.05, 0) is 28.4 Å². The number of hydrogen-bond acceptors (Lipinski definition) is 3. The summed E-state index contributed by atoms with van der Waals surface area (Å²) in [6.45, 7) is 1.83. The molecule has 0 fully saturated rings. The van der Waals surface area contributed by atoms with Gasteiger partial charge in [0.25, 0.3) is 0 Å². The summed E-state index contributed by atoms with van der Waals surface area (Å²) in [5.41, 5.74) is 1.42. The average Bonchev–Trinajstić information content (AvgIpc) is 2.10. The van der Waals surface area contributed by atoms with Gasteiger partial charge in [-0.3, -0.25) is 4.79 Å². The van der Waals surface area contributed by atoms with Crippen molar-refractivity contribution in [2.24, 2.45) is 0 Å². The number of hydrogen-bond donors (Lipinski definition) is 0. The van der Waals surface area contributed by atoms with Gasteiger partial charge in [-0.15, -0.1) is 0 Å². The van der Waals surface area contributed by atoms with Crippen molar-refractivity contribution in [1.82, 2.24) is 4.98 Å². The van der Waals surface area contributed by atoms with Gasteiger partial charge in [0.2, 0.25) is 5.88 Å². The Kier molecular flexibility index (Phi) is 2.81. The van der Waals surface area contributed by atoms with Crippen molar-refractivity contribution >= 4 is 22.2 Å². The molecule has 0 spiro atoms. The smallest absolute Gasteiger partial charge is 0.227 e. The number of carbonyl (C=O) groups is 1. The van der Waals surface area contributed by atoms with Gasteiger partial charge < -0.3 is 4.74 Å². The predicted molar refractivity (Wildman–Crippen MR) is 48.6 cm³/mol. The number of methoxy groups -OCH3 is 1. The second-order valence-electron chi connectivity index (χ2n) is 2.28. The van der Waals surface area contributed by atoms with Gasteiger partial charge in [-0.2, -0.15) is 0 Å². The molecule has 0 aliphatic rings. The van der Waals surface area contributed by atoms with Crippen LogP contribution in [0.15, 0.2) is 10.7 Å². The molecule has 1 heterocycles. The molecule has 0 atom stereocenters. The molecule has 1 aromatic rings. The SMILES string of the molecule is COc1ncc(C=O)c(C)c1Br. The van der Waals surface area contributed by atoms with E-state index in [2.05, 4.69) is 20.9 Å². The van der Waals surface area contributed by atoms with E-state index < -0.39 is 0 Å². The zero-order valence-corrected chi connectivity index (χ0v) is 8.38. The Balaban J connectivity index is 3.29. The molecule has 0 saturated carbocycles. The van der Waals surface area contributed by atoms with Crippen LogP contribution in [0.1, 0.15) is 15.9 Å². The molecule has 0 saturated heterocycles. The molecule has 0 aliphatic carbocycles. The Morgan fingerprint density at radius 3 is 2.83 bits per heavy atom. The van der Waals surface area contributed by atoms with Crippen LogP contribution in [-0.4, -0.2) is 18.4 Å². The first-order valence-corrected chi connectivity index (χ1v) is 4.14. The first-order valence-electron chi connectivity index (χ1n) is 3.35. The molecule has 0 unspecified atom stereocenters. The lowest BCUT2D eigenvalue weighted by Gasteiger charge is -2.05. The van der Waals surface area contributed by atoms with Crippen molar-refractivity contribution in [3.8, 4) is 5.88 Å². The minimum atomic E-state index is 0.498. The molecular weight excluding hydrogens is 222 g/mol. The van der Waals surface area contributed by atoms with E-state index in [0.29, 0.717) is 11.4 Å². The number of aromatic nitrogens is 1. The highest BCUT2D eigenvalue weighted by Gasteiger charge is 2.07. The van der Waals surface area contributed by atoms with Crippen molar-refractivity contribution in [1.29, 1.82) is 0 Å².